The van der Waals surface area contributed by atoms with E-state index in [1.807, 2.05) is 30.3 Å². The minimum absolute atomic E-state index is 0. The Bertz CT molecular complexity index is 239. The summed E-state index contributed by atoms with van der Waals surface area (Å²) in [5.41, 5.74) is 1.18. The van der Waals surface area contributed by atoms with Gasteiger partial charge in [0.2, 0.25) is 0 Å². The summed E-state index contributed by atoms with van der Waals surface area (Å²) < 4.78 is 0. The summed E-state index contributed by atoms with van der Waals surface area (Å²) in [5, 5.41) is 9.26. The number of carboxylic acid groups (broad SMARTS) is 1. The molecule has 0 radical (unpaired) electrons. The van der Waals surface area contributed by atoms with Crippen molar-refractivity contribution in [1.29, 1.82) is 0 Å². The van der Waals surface area contributed by atoms with E-state index in [2.05, 4.69) is 0 Å². The predicted molar refractivity (Wildman–Crippen MR) is 51.3 cm³/mol. The van der Waals surface area contributed by atoms with Crippen LogP contribution in [0.3, 0.4) is 0 Å². The van der Waals surface area contributed by atoms with Gasteiger partial charge >= 0.3 is 29.6 Å². The standard InChI is InChI=1S/C7H7Cl.C3H6O2.Na/c8-6-7-4-2-1-3-5-7;1-2-3(4)5;/h1-5H,6H2;2H2,1H3,(H,4,5);/q;;+1/p-1. The van der Waals surface area contributed by atoms with Gasteiger partial charge < -0.3 is 9.90 Å². The van der Waals surface area contributed by atoms with Gasteiger partial charge in [0.25, 0.3) is 0 Å². The van der Waals surface area contributed by atoms with E-state index in [-0.39, 0.29) is 36.0 Å². The van der Waals surface area contributed by atoms with Gasteiger partial charge in [-0.1, -0.05) is 37.3 Å². The molecule has 0 aliphatic heterocycles. The number of carbonyl (C=O) groups excluding carboxylic acids is 1. The van der Waals surface area contributed by atoms with Crippen molar-refractivity contribution in [2.45, 2.75) is 19.2 Å². The summed E-state index contributed by atoms with van der Waals surface area (Å²) in [6.07, 6.45) is 0.111. The Morgan fingerprint density at radius 1 is 1.36 bits per heavy atom. The molecule has 2 nitrogen and oxygen atoms in total. The Hall–Kier alpha value is -0.0200. The largest absolute Gasteiger partial charge is 1.00 e. The van der Waals surface area contributed by atoms with E-state index >= 15 is 0 Å². The molecule has 0 aromatic heterocycles. The summed E-state index contributed by atoms with van der Waals surface area (Å²) in [6, 6.07) is 9.96. The van der Waals surface area contributed by atoms with Crippen molar-refractivity contribution in [2.75, 3.05) is 0 Å². The molecule has 0 saturated carbocycles. The Labute approximate surface area is 112 Å². The molecule has 0 heterocycles. The van der Waals surface area contributed by atoms with Crippen molar-refractivity contribution >= 4 is 17.6 Å². The molecule has 0 saturated heterocycles. The molecule has 0 amide bonds. The van der Waals surface area contributed by atoms with Gasteiger partial charge in [0, 0.05) is 11.8 Å². The Morgan fingerprint density at radius 2 is 1.79 bits per heavy atom. The first-order valence-corrected chi connectivity index (χ1v) is 4.53. The van der Waals surface area contributed by atoms with Gasteiger partial charge in [0.1, 0.15) is 0 Å². The second-order valence-corrected chi connectivity index (χ2v) is 2.61. The van der Waals surface area contributed by atoms with Crippen LogP contribution in [0.15, 0.2) is 30.3 Å². The number of aliphatic carboxylic acids is 1. The molecule has 0 N–H and O–H groups in total. The maximum absolute atomic E-state index is 9.26. The van der Waals surface area contributed by atoms with E-state index in [0.29, 0.717) is 5.88 Å². The summed E-state index contributed by atoms with van der Waals surface area (Å²) in [7, 11) is 0. The van der Waals surface area contributed by atoms with Crippen molar-refractivity contribution in [1.82, 2.24) is 0 Å². The zero-order valence-electron chi connectivity index (χ0n) is 8.50. The maximum atomic E-state index is 9.26. The fourth-order valence-electron chi connectivity index (χ4n) is 0.567. The van der Waals surface area contributed by atoms with E-state index in [0.717, 1.165) is 0 Å². The minimum Gasteiger partial charge on any atom is -0.550 e. The molecule has 0 unspecified atom stereocenters. The van der Waals surface area contributed by atoms with Gasteiger partial charge in [-0.3, -0.25) is 0 Å². The first kappa shape index (κ1) is 16.4. The SMILES string of the molecule is CCC(=O)[O-].ClCc1ccccc1.[Na+]. The van der Waals surface area contributed by atoms with Crippen LogP contribution in [-0.2, 0) is 10.7 Å². The molecular formula is C10H12ClNaO2. The third kappa shape index (κ3) is 10.1. The van der Waals surface area contributed by atoms with Crippen molar-refractivity contribution in [3.8, 4) is 0 Å². The average molecular weight is 223 g/mol. The molecule has 0 aliphatic rings. The molecule has 0 bridgehead atoms. The number of rotatable bonds is 2. The average Bonchev–Trinajstić information content (AvgIpc) is 2.20. The van der Waals surface area contributed by atoms with Crippen LogP contribution in [0.25, 0.3) is 0 Å². The third-order valence-electron chi connectivity index (χ3n) is 1.29. The Morgan fingerprint density at radius 3 is 2.00 bits per heavy atom. The first-order chi connectivity index (χ1) is 6.20. The van der Waals surface area contributed by atoms with E-state index in [4.69, 9.17) is 11.6 Å². The molecule has 0 atom stereocenters. The fraction of sp³-hybridized carbons (Fsp3) is 0.300. The van der Waals surface area contributed by atoms with Gasteiger partial charge in [-0.05, 0) is 12.0 Å². The monoisotopic (exact) mass is 222 g/mol. The Balaban J connectivity index is 0. The van der Waals surface area contributed by atoms with E-state index in [1.54, 1.807) is 0 Å². The summed E-state index contributed by atoms with van der Waals surface area (Å²) in [5.74, 6) is -0.383. The number of carboxylic acids is 1. The Kier molecular flexibility index (Phi) is 13.0. The number of benzene rings is 1. The molecule has 72 valence electrons. The predicted octanol–water partition coefficient (Wildman–Crippen LogP) is -1.42. The van der Waals surface area contributed by atoms with E-state index < -0.39 is 5.97 Å². The van der Waals surface area contributed by atoms with Crippen LogP contribution in [0, 0.1) is 0 Å². The van der Waals surface area contributed by atoms with Gasteiger partial charge in [-0.2, -0.15) is 0 Å². The fourth-order valence-corrected chi connectivity index (χ4v) is 0.745. The zero-order chi connectivity index (χ0) is 10.1. The molecule has 1 aromatic carbocycles. The quantitative estimate of drug-likeness (QED) is 0.455. The summed E-state index contributed by atoms with van der Waals surface area (Å²) >= 11 is 5.53. The molecule has 0 aliphatic carbocycles. The van der Waals surface area contributed by atoms with Crippen LogP contribution in [0.1, 0.15) is 18.9 Å². The second-order valence-electron chi connectivity index (χ2n) is 2.34. The normalized spacial score (nSPS) is 7.86. The summed E-state index contributed by atoms with van der Waals surface area (Å²) in [4.78, 5) is 9.26. The third-order valence-corrected chi connectivity index (χ3v) is 1.59. The molecule has 1 rings (SSSR count). The van der Waals surface area contributed by atoms with Crippen LogP contribution >= 0.6 is 11.6 Å². The number of halogens is 1. The maximum Gasteiger partial charge on any atom is 1.00 e. The number of hydrogen-bond donors (Lipinski definition) is 0. The van der Waals surface area contributed by atoms with Crippen molar-refractivity contribution in [3.05, 3.63) is 35.9 Å². The van der Waals surface area contributed by atoms with Crippen molar-refractivity contribution < 1.29 is 39.5 Å². The van der Waals surface area contributed by atoms with E-state index in [9.17, 15) is 9.90 Å². The topological polar surface area (TPSA) is 40.1 Å². The van der Waals surface area contributed by atoms with Crippen LogP contribution in [0.5, 0.6) is 0 Å². The molecule has 0 fully saturated rings. The number of hydrogen-bond acceptors (Lipinski definition) is 2. The number of alkyl halides is 1. The molecule has 1 aromatic rings. The van der Waals surface area contributed by atoms with Gasteiger partial charge in [0.15, 0.2) is 0 Å². The molecule has 4 heteroatoms. The van der Waals surface area contributed by atoms with Crippen molar-refractivity contribution in [2.24, 2.45) is 0 Å². The van der Waals surface area contributed by atoms with Crippen LogP contribution < -0.4 is 34.7 Å². The van der Waals surface area contributed by atoms with Crippen LogP contribution in [0.4, 0.5) is 0 Å². The van der Waals surface area contributed by atoms with Crippen molar-refractivity contribution in [3.63, 3.8) is 0 Å². The number of carbonyl (C=O) groups is 1. The van der Waals surface area contributed by atoms with Crippen LogP contribution in [-0.4, -0.2) is 5.97 Å². The zero-order valence-corrected chi connectivity index (χ0v) is 11.3. The van der Waals surface area contributed by atoms with Gasteiger partial charge in [-0.15, -0.1) is 11.6 Å². The second kappa shape index (κ2) is 11.1. The minimum atomic E-state index is -0.995. The summed E-state index contributed by atoms with van der Waals surface area (Å²) in [6.45, 7) is 1.54. The molecule has 14 heavy (non-hydrogen) atoms. The molecule has 0 spiro atoms. The van der Waals surface area contributed by atoms with E-state index in [1.165, 1.54) is 12.5 Å². The molecular weight excluding hydrogens is 211 g/mol. The van der Waals surface area contributed by atoms with Gasteiger partial charge in [-0.25, -0.2) is 0 Å². The van der Waals surface area contributed by atoms with Gasteiger partial charge in [0.05, 0.1) is 0 Å². The smallest absolute Gasteiger partial charge is 0.550 e. The van der Waals surface area contributed by atoms with Crippen LogP contribution in [0.2, 0.25) is 0 Å². The first-order valence-electron chi connectivity index (χ1n) is 4.00.